The number of para-hydroxylation sites is 2. The van der Waals surface area contributed by atoms with Gasteiger partial charge in [-0.2, -0.15) is 0 Å². The Balaban J connectivity index is 1.47. The van der Waals surface area contributed by atoms with Crippen LogP contribution in [0.1, 0.15) is 11.1 Å². The van der Waals surface area contributed by atoms with Gasteiger partial charge in [0.1, 0.15) is 0 Å². The van der Waals surface area contributed by atoms with E-state index in [9.17, 15) is 0 Å². The Morgan fingerprint density at radius 3 is 1.40 bits per heavy atom. The second-order valence-corrected chi connectivity index (χ2v) is 10.9. The molecule has 0 bridgehead atoms. The van der Waals surface area contributed by atoms with Crippen molar-refractivity contribution in [3.8, 4) is 22.5 Å². The second kappa shape index (κ2) is 8.72. The maximum Gasteiger partial charge on any atom is 0.0548 e. The first kappa shape index (κ1) is 22.9. The number of fused-ring (bicyclic) bond motifs is 6. The monoisotopic (exact) mass is 512 g/mol. The van der Waals surface area contributed by atoms with Crippen molar-refractivity contribution < 1.29 is 0 Å². The summed E-state index contributed by atoms with van der Waals surface area (Å²) in [4.78, 5) is 0. The molecule has 6 aromatic carbocycles. The Kier molecular flexibility index (Phi) is 4.99. The SMILES string of the molecule is Cc1cccc(-c2cccc(-n3c4ccccc4c4cc5c(cc43)c3ccccc3n5-c3cccc(C)c3)c2)c1. The van der Waals surface area contributed by atoms with Gasteiger partial charge in [0.15, 0.2) is 0 Å². The third kappa shape index (κ3) is 3.43. The number of rotatable bonds is 3. The lowest BCUT2D eigenvalue weighted by Crippen LogP contribution is -1.95. The fourth-order valence-electron chi connectivity index (χ4n) is 6.40. The highest BCUT2D eigenvalue weighted by Gasteiger charge is 2.18. The number of benzene rings is 6. The molecule has 0 aliphatic rings. The maximum atomic E-state index is 2.43. The van der Waals surface area contributed by atoms with Gasteiger partial charge in [0.2, 0.25) is 0 Å². The quantitative estimate of drug-likeness (QED) is 0.223. The summed E-state index contributed by atoms with van der Waals surface area (Å²) in [6.45, 7) is 4.31. The highest BCUT2D eigenvalue weighted by atomic mass is 15.0. The van der Waals surface area contributed by atoms with E-state index in [-0.39, 0.29) is 0 Å². The molecule has 0 saturated carbocycles. The number of aryl methyl sites for hydroxylation is 2. The molecule has 190 valence electrons. The summed E-state index contributed by atoms with van der Waals surface area (Å²) in [7, 11) is 0. The summed E-state index contributed by atoms with van der Waals surface area (Å²) in [6.07, 6.45) is 0. The van der Waals surface area contributed by atoms with E-state index in [1.54, 1.807) is 0 Å². The van der Waals surface area contributed by atoms with Crippen molar-refractivity contribution in [3.63, 3.8) is 0 Å². The summed E-state index contributed by atoms with van der Waals surface area (Å²) in [5.41, 5.74) is 12.3. The van der Waals surface area contributed by atoms with Gasteiger partial charge in [0, 0.05) is 32.9 Å². The Morgan fingerprint density at radius 1 is 0.350 bits per heavy atom. The van der Waals surface area contributed by atoms with Gasteiger partial charge >= 0.3 is 0 Å². The van der Waals surface area contributed by atoms with Crippen LogP contribution in [-0.4, -0.2) is 9.13 Å². The summed E-state index contributed by atoms with van der Waals surface area (Å²) >= 11 is 0. The molecule has 2 heteroatoms. The maximum absolute atomic E-state index is 2.43. The lowest BCUT2D eigenvalue weighted by atomic mass is 10.0. The number of hydrogen-bond donors (Lipinski definition) is 0. The van der Waals surface area contributed by atoms with Gasteiger partial charge in [-0.3, -0.25) is 0 Å². The minimum atomic E-state index is 1.17. The van der Waals surface area contributed by atoms with Crippen LogP contribution in [0.2, 0.25) is 0 Å². The third-order valence-electron chi connectivity index (χ3n) is 8.18. The van der Waals surface area contributed by atoms with E-state index in [1.165, 1.54) is 77.2 Å². The topological polar surface area (TPSA) is 9.86 Å². The van der Waals surface area contributed by atoms with Crippen LogP contribution in [0.25, 0.3) is 66.1 Å². The van der Waals surface area contributed by atoms with Gasteiger partial charge in [0.25, 0.3) is 0 Å². The molecule has 0 N–H and O–H groups in total. The van der Waals surface area contributed by atoms with Crippen LogP contribution in [0.3, 0.4) is 0 Å². The van der Waals surface area contributed by atoms with Crippen LogP contribution >= 0.6 is 0 Å². The Morgan fingerprint density at radius 2 is 0.825 bits per heavy atom. The van der Waals surface area contributed by atoms with Gasteiger partial charge in [-0.1, -0.05) is 90.5 Å². The molecule has 0 fully saturated rings. The van der Waals surface area contributed by atoms with Crippen LogP contribution in [-0.2, 0) is 0 Å². The Hall–Kier alpha value is -5.08. The molecule has 0 amide bonds. The van der Waals surface area contributed by atoms with Crippen molar-refractivity contribution in [2.45, 2.75) is 13.8 Å². The van der Waals surface area contributed by atoms with Crippen molar-refractivity contribution in [1.82, 2.24) is 9.13 Å². The first-order valence-corrected chi connectivity index (χ1v) is 13.9. The average Bonchev–Trinajstić information content (AvgIpc) is 3.48. The van der Waals surface area contributed by atoms with Crippen LogP contribution < -0.4 is 0 Å². The molecule has 2 aromatic heterocycles. The normalized spacial score (nSPS) is 11.8. The van der Waals surface area contributed by atoms with E-state index in [1.807, 2.05) is 0 Å². The van der Waals surface area contributed by atoms with Crippen LogP contribution in [0, 0.1) is 13.8 Å². The number of nitrogens with zero attached hydrogens (tertiary/aromatic N) is 2. The lowest BCUT2D eigenvalue weighted by molar-refractivity contribution is 1.17. The van der Waals surface area contributed by atoms with Gasteiger partial charge < -0.3 is 9.13 Å². The molecule has 0 radical (unpaired) electrons. The highest BCUT2D eigenvalue weighted by molar-refractivity contribution is 6.19. The minimum Gasteiger partial charge on any atom is -0.309 e. The fourth-order valence-corrected chi connectivity index (χ4v) is 6.40. The molecule has 0 aliphatic carbocycles. The van der Waals surface area contributed by atoms with Crippen LogP contribution in [0.5, 0.6) is 0 Å². The highest BCUT2D eigenvalue weighted by Crippen LogP contribution is 2.40. The second-order valence-electron chi connectivity index (χ2n) is 10.9. The molecule has 8 rings (SSSR count). The fraction of sp³-hybridized carbons (Fsp3) is 0.0526. The molecule has 2 nitrogen and oxygen atoms in total. The largest absolute Gasteiger partial charge is 0.309 e. The molecular weight excluding hydrogens is 484 g/mol. The standard InChI is InChI=1S/C38H28N2/c1-25-10-7-12-27(20-25)28-13-9-15-30(22-28)40-36-19-6-4-17-32(36)34-23-37-33(24-38(34)40)31-16-3-5-18-35(31)39(37)29-14-8-11-26(2)21-29/h3-24H,1-2H3. The zero-order chi connectivity index (χ0) is 26.8. The molecule has 0 atom stereocenters. The molecule has 8 aromatic rings. The first-order valence-electron chi connectivity index (χ1n) is 13.9. The number of aromatic nitrogens is 2. The van der Waals surface area contributed by atoms with Crippen molar-refractivity contribution in [1.29, 1.82) is 0 Å². The summed E-state index contributed by atoms with van der Waals surface area (Å²) in [5, 5.41) is 5.07. The predicted molar refractivity (Wildman–Crippen MR) is 170 cm³/mol. The smallest absolute Gasteiger partial charge is 0.0548 e. The Labute approximate surface area is 233 Å². The molecular formula is C38H28N2. The number of hydrogen-bond acceptors (Lipinski definition) is 0. The van der Waals surface area contributed by atoms with E-state index in [0.717, 1.165) is 0 Å². The minimum absolute atomic E-state index is 1.17. The molecule has 0 unspecified atom stereocenters. The molecule has 0 spiro atoms. The van der Waals surface area contributed by atoms with E-state index in [4.69, 9.17) is 0 Å². The van der Waals surface area contributed by atoms with Crippen molar-refractivity contribution in [3.05, 3.63) is 145 Å². The average molecular weight is 513 g/mol. The first-order chi connectivity index (χ1) is 19.7. The van der Waals surface area contributed by atoms with Gasteiger partial charge in [-0.15, -0.1) is 0 Å². The summed E-state index contributed by atoms with van der Waals surface area (Å²) < 4.78 is 4.85. The Bertz CT molecular complexity index is 2240. The summed E-state index contributed by atoms with van der Waals surface area (Å²) in [5.74, 6) is 0. The van der Waals surface area contributed by atoms with E-state index >= 15 is 0 Å². The van der Waals surface area contributed by atoms with Gasteiger partial charge in [-0.05, 0) is 79.1 Å². The van der Waals surface area contributed by atoms with Crippen molar-refractivity contribution in [2.75, 3.05) is 0 Å². The van der Waals surface area contributed by atoms with E-state index in [0.29, 0.717) is 0 Å². The molecule has 40 heavy (non-hydrogen) atoms. The van der Waals surface area contributed by atoms with Crippen molar-refractivity contribution in [2.24, 2.45) is 0 Å². The summed E-state index contributed by atoms with van der Waals surface area (Å²) in [6, 6.07) is 48.8. The van der Waals surface area contributed by atoms with Gasteiger partial charge in [0.05, 0.1) is 22.1 Å². The van der Waals surface area contributed by atoms with Crippen molar-refractivity contribution >= 4 is 43.6 Å². The zero-order valence-electron chi connectivity index (χ0n) is 22.6. The lowest BCUT2D eigenvalue weighted by Gasteiger charge is -2.11. The third-order valence-corrected chi connectivity index (χ3v) is 8.18. The molecule has 0 saturated heterocycles. The zero-order valence-corrected chi connectivity index (χ0v) is 22.6. The van der Waals surface area contributed by atoms with Crippen LogP contribution in [0.15, 0.2) is 133 Å². The van der Waals surface area contributed by atoms with Gasteiger partial charge in [-0.25, -0.2) is 0 Å². The van der Waals surface area contributed by atoms with Crippen LogP contribution in [0.4, 0.5) is 0 Å². The molecule has 2 heterocycles. The van der Waals surface area contributed by atoms with E-state index < -0.39 is 0 Å². The van der Waals surface area contributed by atoms with E-state index in [2.05, 4.69) is 156 Å². The molecule has 0 aliphatic heterocycles. The predicted octanol–water partition coefficient (Wildman–Crippen LogP) is 10.2.